The van der Waals surface area contributed by atoms with Gasteiger partial charge < -0.3 is 19.5 Å². The van der Waals surface area contributed by atoms with Crippen LogP contribution in [-0.2, 0) is 0 Å². The average molecular weight is 414 g/mol. The zero-order valence-electron chi connectivity index (χ0n) is 17.5. The van der Waals surface area contributed by atoms with Gasteiger partial charge in [-0.15, -0.1) is 0 Å². The Labute approximate surface area is 180 Å². The summed E-state index contributed by atoms with van der Waals surface area (Å²) in [7, 11) is 4.73. The van der Waals surface area contributed by atoms with Crippen LogP contribution in [0.2, 0.25) is 0 Å². The number of hydrogen-bond acceptors (Lipinski definition) is 5. The van der Waals surface area contributed by atoms with Crippen molar-refractivity contribution in [1.82, 2.24) is 4.98 Å². The summed E-state index contributed by atoms with van der Waals surface area (Å²) < 4.78 is 15.9. The van der Waals surface area contributed by atoms with Crippen LogP contribution in [0.4, 0.5) is 5.69 Å². The van der Waals surface area contributed by atoms with E-state index in [1.807, 2.05) is 48.5 Å². The third-order valence-electron chi connectivity index (χ3n) is 4.97. The van der Waals surface area contributed by atoms with E-state index < -0.39 is 0 Å². The molecule has 0 saturated heterocycles. The third kappa shape index (κ3) is 4.14. The Morgan fingerprint density at radius 2 is 1.58 bits per heavy atom. The van der Waals surface area contributed by atoms with Gasteiger partial charge in [-0.05, 0) is 30.3 Å². The quantitative estimate of drug-likeness (QED) is 0.471. The summed E-state index contributed by atoms with van der Waals surface area (Å²) in [5.41, 5.74) is 3.42. The van der Waals surface area contributed by atoms with Crippen molar-refractivity contribution in [2.75, 3.05) is 26.6 Å². The van der Waals surface area contributed by atoms with E-state index in [4.69, 9.17) is 19.2 Å². The molecule has 4 aromatic rings. The molecular weight excluding hydrogens is 392 g/mol. The van der Waals surface area contributed by atoms with Crippen molar-refractivity contribution in [3.63, 3.8) is 0 Å². The van der Waals surface area contributed by atoms with E-state index >= 15 is 0 Å². The first-order chi connectivity index (χ1) is 15.1. The topological polar surface area (TPSA) is 69.7 Å². The van der Waals surface area contributed by atoms with Crippen molar-refractivity contribution in [3.05, 3.63) is 78.4 Å². The smallest absolute Gasteiger partial charge is 0.256 e. The minimum Gasteiger partial charge on any atom is -0.497 e. The Balaban J connectivity index is 1.79. The van der Waals surface area contributed by atoms with Crippen LogP contribution >= 0.6 is 0 Å². The second-order valence-corrected chi connectivity index (χ2v) is 6.83. The molecule has 0 unspecified atom stereocenters. The lowest BCUT2D eigenvalue weighted by Crippen LogP contribution is -2.13. The molecule has 0 bridgehead atoms. The number of carbonyl (C=O) groups excluding carboxylic acids is 1. The first-order valence-corrected chi connectivity index (χ1v) is 9.70. The fraction of sp³-hybridized carbons (Fsp3) is 0.120. The Morgan fingerprint density at radius 3 is 2.29 bits per heavy atom. The predicted molar refractivity (Wildman–Crippen MR) is 121 cm³/mol. The number of anilines is 1. The number of rotatable bonds is 6. The van der Waals surface area contributed by atoms with Crippen LogP contribution < -0.4 is 19.5 Å². The lowest BCUT2D eigenvalue weighted by molar-refractivity contribution is 0.102. The van der Waals surface area contributed by atoms with E-state index in [0.29, 0.717) is 39.7 Å². The van der Waals surface area contributed by atoms with Gasteiger partial charge in [-0.25, -0.2) is 4.98 Å². The van der Waals surface area contributed by atoms with Crippen molar-refractivity contribution in [2.24, 2.45) is 0 Å². The molecule has 0 atom stereocenters. The van der Waals surface area contributed by atoms with Crippen molar-refractivity contribution in [2.45, 2.75) is 0 Å². The molecule has 0 spiro atoms. The fourth-order valence-corrected chi connectivity index (χ4v) is 3.39. The van der Waals surface area contributed by atoms with E-state index in [9.17, 15) is 4.79 Å². The van der Waals surface area contributed by atoms with Gasteiger partial charge in [0.2, 0.25) is 0 Å². The number of nitrogens with one attached hydrogen (secondary N) is 1. The zero-order valence-corrected chi connectivity index (χ0v) is 17.5. The highest BCUT2D eigenvalue weighted by atomic mass is 16.5. The van der Waals surface area contributed by atoms with Gasteiger partial charge in [-0.3, -0.25) is 4.79 Å². The molecule has 1 heterocycles. The van der Waals surface area contributed by atoms with Crippen LogP contribution in [0.3, 0.4) is 0 Å². The van der Waals surface area contributed by atoms with Gasteiger partial charge in [0.1, 0.15) is 5.75 Å². The maximum Gasteiger partial charge on any atom is 0.256 e. The summed E-state index contributed by atoms with van der Waals surface area (Å²) in [6.07, 6.45) is 0. The van der Waals surface area contributed by atoms with Crippen molar-refractivity contribution in [1.29, 1.82) is 0 Å². The van der Waals surface area contributed by atoms with Gasteiger partial charge >= 0.3 is 0 Å². The Morgan fingerprint density at radius 1 is 0.806 bits per heavy atom. The number of hydrogen-bond donors (Lipinski definition) is 1. The number of amides is 1. The molecule has 31 heavy (non-hydrogen) atoms. The minimum absolute atomic E-state index is 0.248. The molecule has 1 amide bonds. The largest absolute Gasteiger partial charge is 0.497 e. The maximum absolute atomic E-state index is 13.3. The van der Waals surface area contributed by atoms with Gasteiger partial charge in [0, 0.05) is 28.8 Å². The van der Waals surface area contributed by atoms with Gasteiger partial charge in [0.05, 0.1) is 38.1 Å². The normalized spacial score (nSPS) is 10.5. The molecule has 0 aliphatic rings. The summed E-state index contributed by atoms with van der Waals surface area (Å²) in [4.78, 5) is 18.0. The van der Waals surface area contributed by atoms with E-state index in [1.165, 1.54) is 0 Å². The molecule has 1 N–H and O–H groups in total. The lowest BCUT2D eigenvalue weighted by Gasteiger charge is -2.13. The molecule has 6 nitrogen and oxygen atoms in total. The summed E-state index contributed by atoms with van der Waals surface area (Å²) >= 11 is 0. The molecule has 1 aromatic heterocycles. The molecule has 0 aliphatic carbocycles. The van der Waals surface area contributed by atoms with Crippen LogP contribution in [0.25, 0.3) is 22.2 Å². The molecule has 0 aliphatic heterocycles. The minimum atomic E-state index is -0.248. The number of methoxy groups -OCH3 is 3. The maximum atomic E-state index is 13.3. The number of aromatic nitrogens is 1. The highest BCUT2D eigenvalue weighted by molar-refractivity contribution is 6.13. The number of nitrogens with zero attached hydrogens (tertiary/aromatic N) is 1. The molecular formula is C25H22N2O4. The standard InChI is InChI=1S/C25H22N2O4/c1-29-18-10-11-19-20(15-21(27-22(19)14-18)16-7-5-4-6-8-16)25(28)26-17-9-12-23(30-2)24(13-17)31-3/h4-15H,1-3H3,(H,26,28). The van der Waals surface area contributed by atoms with Crippen LogP contribution in [0.1, 0.15) is 10.4 Å². The van der Waals surface area contributed by atoms with Gasteiger partial charge in [-0.1, -0.05) is 30.3 Å². The molecule has 4 rings (SSSR count). The number of fused-ring (bicyclic) bond motifs is 1. The fourth-order valence-electron chi connectivity index (χ4n) is 3.39. The van der Waals surface area contributed by atoms with Gasteiger partial charge in [0.15, 0.2) is 11.5 Å². The zero-order chi connectivity index (χ0) is 21.8. The van der Waals surface area contributed by atoms with Crippen molar-refractivity contribution < 1.29 is 19.0 Å². The van der Waals surface area contributed by atoms with Crippen LogP contribution in [-0.4, -0.2) is 32.2 Å². The summed E-state index contributed by atoms with van der Waals surface area (Å²) in [6, 6.07) is 22.3. The Bertz CT molecular complexity index is 1240. The van der Waals surface area contributed by atoms with Crippen LogP contribution in [0.15, 0.2) is 72.8 Å². The number of pyridine rings is 1. The highest BCUT2D eigenvalue weighted by Gasteiger charge is 2.16. The van der Waals surface area contributed by atoms with Gasteiger partial charge in [0.25, 0.3) is 5.91 Å². The highest BCUT2D eigenvalue weighted by Crippen LogP contribution is 2.31. The lowest BCUT2D eigenvalue weighted by atomic mass is 10.0. The first-order valence-electron chi connectivity index (χ1n) is 9.70. The SMILES string of the molecule is COc1ccc2c(C(=O)Nc3ccc(OC)c(OC)c3)cc(-c3ccccc3)nc2c1. The molecule has 0 fully saturated rings. The molecule has 3 aromatic carbocycles. The molecule has 0 saturated carbocycles. The van der Waals surface area contributed by atoms with Crippen LogP contribution in [0.5, 0.6) is 17.2 Å². The second-order valence-electron chi connectivity index (χ2n) is 6.83. The summed E-state index contributed by atoms with van der Waals surface area (Å²) in [5.74, 6) is 1.56. The molecule has 156 valence electrons. The molecule has 6 heteroatoms. The number of carbonyl (C=O) groups is 1. The Hall–Kier alpha value is -4.06. The van der Waals surface area contributed by atoms with E-state index in [1.54, 1.807) is 45.6 Å². The summed E-state index contributed by atoms with van der Waals surface area (Å²) in [6.45, 7) is 0. The Kier molecular flexibility index (Phi) is 5.71. The number of ether oxygens (including phenoxy) is 3. The predicted octanol–water partition coefficient (Wildman–Crippen LogP) is 5.18. The monoisotopic (exact) mass is 414 g/mol. The first kappa shape index (κ1) is 20.2. The average Bonchev–Trinajstić information content (AvgIpc) is 2.83. The van der Waals surface area contributed by atoms with Crippen molar-refractivity contribution >= 4 is 22.5 Å². The summed E-state index contributed by atoms with van der Waals surface area (Å²) in [5, 5.41) is 3.68. The third-order valence-corrected chi connectivity index (χ3v) is 4.97. The van der Waals surface area contributed by atoms with E-state index in [-0.39, 0.29) is 5.91 Å². The van der Waals surface area contributed by atoms with E-state index in [0.717, 1.165) is 10.9 Å². The molecule has 0 radical (unpaired) electrons. The van der Waals surface area contributed by atoms with Crippen LogP contribution in [0, 0.1) is 0 Å². The van der Waals surface area contributed by atoms with E-state index in [2.05, 4.69) is 5.32 Å². The number of benzene rings is 3. The van der Waals surface area contributed by atoms with Crippen molar-refractivity contribution in [3.8, 4) is 28.5 Å². The van der Waals surface area contributed by atoms with Gasteiger partial charge in [-0.2, -0.15) is 0 Å². The second kappa shape index (κ2) is 8.75.